The summed E-state index contributed by atoms with van der Waals surface area (Å²) in [6, 6.07) is 3.89. The zero-order valence-electron chi connectivity index (χ0n) is 7.94. The predicted molar refractivity (Wildman–Crippen MR) is 56.3 cm³/mol. The van der Waals surface area contributed by atoms with Gasteiger partial charge in [0.2, 0.25) is 5.91 Å². The van der Waals surface area contributed by atoms with Gasteiger partial charge in [0.15, 0.2) is 0 Å². The van der Waals surface area contributed by atoms with Crippen LogP contribution in [0.25, 0.3) is 0 Å². The van der Waals surface area contributed by atoms with Crippen molar-refractivity contribution in [1.82, 2.24) is 0 Å². The predicted octanol–water partition coefficient (Wildman–Crippen LogP) is 0.993. The Balaban J connectivity index is 2.77. The zero-order chi connectivity index (χ0) is 12.1. The first-order chi connectivity index (χ1) is 7.49. The van der Waals surface area contributed by atoms with E-state index >= 15 is 0 Å². The molecule has 0 aliphatic carbocycles. The number of hydrogen-bond donors (Lipinski definition) is 2. The standard InChI is InChI=1S/C10H8ClNO4/c11-6-1-2-8(13)7(5-6)12-9(14)3-4-10(15)16/h1-5,13H,(H,12,14)(H,15,16)/p-1. The minimum atomic E-state index is -1.25. The molecule has 5 nitrogen and oxygen atoms in total. The molecule has 1 rings (SSSR count). The van der Waals surface area contributed by atoms with Crippen molar-refractivity contribution in [2.75, 3.05) is 5.32 Å². The van der Waals surface area contributed by atoms with Gasteiger partial charge in [-0.15, -0.1) is 0 Å². The van der Waals surface area contributed by atoms with E-state index in [4.69, 9.17) is 16.7 Å². The number of benzene rings is 1. The Kier molecular flexibility index (Phi) is 3.90. The average molecular weight is 241 g/mol. The fourth-order valence-corrected chi connectivity index (χ4v) is 1.09. The number of carbonyl (C=O) groups is 2. The van der Waals surface area contributed by atoms with Crippen LogP contribution in [0.3, 0.4) is 0 Å². The molecule has 0 aliphatic heterocycles. The van der Waals surface area contributed by atoms with Crippen molar-refractivity contribution < 1.29 is 19.8 Å². The Bertz CT molecular complexity index is 456. The number of nitrogens with one attached hydrogen (secondary N) is 1. The quantitative estimate of drug-likeness (QED) is 0.771. The topological polar surface area (TPSA) is 89.5 Å². The highest BCUT2D eigenvalue weighted by Crippen LogP contribution is 2.23. The molecule has 0 aromatic heterocycles. The van der Waals surface area contributed by atoms with Crippen LogP contribution in [0.4, 0.5) is 5.69 Å². The zero-order valence-corrected chi connectivity index (χ0v) is 8.69. The molecule has 0 aliphatic rings. The number of aliphatic carboxylic acids is 1. The second-order valence-electron chi connectivity index (χ2n) is 2.80. The summed E-state index contributed by atoms with van der Waals surface area (Å²) in [7, 11) is 0. The fourth-order valence-electron chi connectivity index (χ4n) is 0.921. The van der Waals surface area contributed by atoms with Crippen molar-refractivity contribution in [3.05, 3.63) is 35.4 Å². The summed E-state index contributed by atoms with van der Waals surface area (Å²) in [5.41, 5.74) is 0.00698. The number of carboxylic acid groups (broad SMARTS) is 1. The lowest BCUT2D eigenvalue weighted by Crippen LogP contribution is -2.10. The second kappa shape index (κ2) is 5.18. The summed E-state index contributed by atoms with van der Waals surface area (Å²) in [4.78, 5) is 21.3. The lowest BCUT2D eigenvalue weighted by molar-refractivity contribution is -0.267. The molecule has 16 heavy (non-hydrogen) atoms. The molecule has 0 saturated carbocycles. The molecule has 0 unspecified atom stereocenters. The van der Waals surface area contributed by atoms with Gasteiger partial charge in [-0.2, -0.15) is 0 Å². The smallest absolute Gasteiger partial charge is 0.328 e. The van der Waals surface area contributed by atoms with E-state index in [0.717, 1.165) is 6.08 Å². The number of hydrogen-bond acceptors (Lipinski definition) is 3. The molecule has 0 spiro atoms. The molecule has 0 radical (unpaired) electrons. The lowest BCUT2D eigenvalue weighted by Gasteiger charge is -2.13. The van der Waals surface area contributed by atoms with Crippen molar-refractivity contribution in [3.63, 3.8) is 0 Å². The highest BCUT2D eigenvalue weighted by atomic mass is 35.5. The molecule has 0 fully saturated rings. The first-order valence-corrected chi connectivity index (χ1v) is 4.55. The summed E-state index contributed by atoms with van der Waals surface area (Å²) in [5, 5.41) is 22.0. The monoisotopic (exact) mass is 240 g/mol. The maximum atomic E-state index is 11.2. The highest BCUT2D eigenvalue weighted by Gasteiger charge is 2.00. The van der Waals surface area contributed by atoms with E-state index in [1.165, 1.54) is 18.2 Å². The Morgan fingerprint density at radius 3 is 2.69 bits per heavy atom. The summed E-state index contributed by atoms with van der Waals surface area (Å²) in [6.45, 7) is 0. The van der Waals surface area contributed by atoms with Crippen molar-refractivity contribution in [3.8, 4) is 5.75 Å². The van der Waals surface area contributed by atoms with Gasteiger partial charge in [0.1, 0.15) is 0 Å². The van der Waals surface area contributed by atoms with Crippen LogP contribution in [-0.2, 0) is 9.59 Å². The van der Waals surface area contributed by atoms with Gasteiger partial charge in [-0.05, 0) is 12.1 Å². The first kappa shape index (κ1) is 12.1. The molecule has 0 heterocycles. The van der Waals surface area contributed by atoms with Crippen LogP contribution in [-0.4, -0.2) is 17.0 Å². The van der Waals surface area contributed by atoms with E-state index in [1.807, 2.05) is 0 Å². The Labute approximate surface area is 96.0 Å². The molecule has 1 amide bonds. The van der Waals surface area contributed by atoms with Crippen molar-refractivity contribution in [2.45, 2.75) is 0 Å². The highest BCUT2D eigenvalue weighted by molar-refractivity contribution is 6.31. The third kappa shape index (κ3) is 3.62. The molecule has 6 heteroatoms. The largest absolute Gasteiger partial charge is 0.871 e. The maximum absolute atomic E-state index is 11.2. The molecular formula is C10H7ClNO4-. The van der Waals surface area contributed by atoms with Gasteiger partial charge >= 0.3 is 5.97 Å². The third-order valence-electron chi connectivity index (χ3n) is 1.58. The molecule has 2 N–H and O–H groups in total. The van der Waals surface area contributed by atoms with E-state index in [-0.39, 0.29) is 5.69 Å². The summed E-state index contributed by atoms with van der Waals surface area (Å²) in [6.07, 6.45) is 1.48. The van der Waals surface area contributed by atoms with Crippen LogP contribution in [0.1, 0.15) is 0 Å². The van der Waals surface area contributed by atoms with Crippen LogP contribution in [0, 0.1) is 0 Å². The van der Waals surface area contributed by atoms with E-state index < -0.39 is 17.6 Å². The van der Waals surface area contributed by atoms with Crippen LogP contribution in [0.5, 0.6) is 5.75 Å². The van der Waals surface area contributed by atoms with E-state index in [0.29, 0.717) is 11.1 Å². The van der Waals surface area contributed by atoms with Gasteiger partial charge in [0.05, 0.1) is 0 Å². The summed E-state index contributed by atoms with van der Waals surface area (Å²) < 4.78 is 0. The summed E-state index contributed by atoms with van der Waals surface area (Å²) >= 11 is 5.63. The van der Waals surface area contributed by atoms with Crippen molar-refractivity contribution >= 4 is 29.2 Å². The molecule has 0 atom stereocenters. The maximum Gasteiger partial charge on any atom is 0.328 e. The average Bonchev–Trinajstić information content (AvgIpc) is 2.20. The van der Waals surface area contributed by atoms with Crippen LogP contribution < -0.4 is 10.4 Å². The van der Waals surface area contributed by atoms with Crippen molar-refractivity contribution in [1.29, 1.82) is 0 Å². The number of carbonyl (C=O) groups excluding carboxylic acids is 1. The van der Waals surface area contributed by atoms with E-state index in [9.17, 15) is 14.7 Å². The number of halogens is 1. The van der Waals surface area contributed by atoms with Gasteiger partial charge in [-0.25, -0.2) is 4.79 Å². The number of rotatable bonds is 3. The van der Waals surface area contributed by atoms with Gasteiger partial charge in [0, 0.05) is 22.9 Å². The first-order valence-electron chi connectivity index (χ1n) is 4.17. The normalized spacial score (nSPS) is 10.3. The minimum absolute atomic E-state index is 0.00698. The summed E-state index contributed by atoms with van der Waals surface area (Å²) in [5.74, 6) is -2.35. The van der Waals surface area contributed by atoms with Gasteiger partial charge in [-0.1, -0.05) is 23.4 Å². The molecule has 1 aromatic rings. The SMILES string of the molecule is O=C(O)C=CC(=O)Nc1cc(Cl)ccc1[O-]. The third-order valence-corrected chi connectivity index (χ3v) is 1.81. The number of anilines is 1. The molecule has 0 bridgehead atoms. The molecule has 1 aromatic carbocycles. The lowest BCUT2D eigenvalue weighted by atomic mass is 10.3. The van der Waals surface area contributed by atoms with Gasteiger partial charge in [0.25, 0.3) is 0 Å². The van der Waals surface area contributed by atoms with Gasteiger partial charge in [-0.3, -0.25) is 4.79 Å². The van der Waals surface area contributed by atoms with E-state index in [1.54, 1.807) is 0 Å². The van der Waals surface area contributed by atoms with Crippen molar-refractivity contribution in [2.24, 2.45) is 0 Å². The molecule has 0 saturated heterocycles. The Hall–Kier alpha value is -2.01. The van der Waals surface area contributed by atoms with Gasteiger partial charge < -0.3 is 15.5 Å². The van der Waals surface area contributed by atoms with E-state index in [2.05, 4.69) is 5.32 Å². The Morgan fingerprint density at radius 1 is 1.38 bits per heavy atom. The second-order valence-corrected chi connectivity index (χ2v) is 3.24. The number of carboxylic acids is 1. The van der Waals surface area contributed by atoms with Crippen LogP contribution in [0.15, 0.2) is 30.4 Å². The van der Waals surface area contributed by atoms with Crippen LogP contribution >= 0.6 is 11.6 Å². The Morgan fingerprint density at radius 2 is 2.06 bits per heavy atom. The fraction of sp³-hybridized carbons (Fsp3) is 0. The molecule has 84 valence electrons. The minimum Gasteiger partial charge on any atom is -0.871 e. The van der Waals surface area contributed by atoms with Crippen LogP contribution in [0.2, 0.25) is 5.02 Å². The molecular weight excluding hydrogens is 234 g/mol. The number of amides is 1.